The molecule has 0 radical (unpaired) electrons. The SMILES string of the molecule is C[C@@H](OCC1(c2ccccc2)CCC(NC(=O)OC(C)(C)C)C(CN)N1C(=O)OCc1ccccc1)c1cc(C(F)(F)F)cc(C(F)(F)F)c1. The van der Waals surface area contributed by atoms with Crippen molar-refractivity contribution in [3.05, 3.63) is 107 Å². The predicted octanol–water partition coefficient (Wildman–Crippen LogP) is 8.35. The van der Waals surface area contributed by atoms with Gasteiger partial charge in [0.1, 0.15) is 12.2 Å². The third-order valence-corrected chi connectivity index (χ3v) is 8.43. The first-order valence-corrected chi connectivity index (χ1v) is 16.0. The summed E-state index contributed by atoms with van der Waals surface area (Å²) in [6.07, 6.45) is -12.5. The fraction of sp³-hybridized carbons (Fsp3) is 0.444. The van der Waals surface area contributed by atoms with Crippen molar-refractivity contribution in [2.75, 3.05) is 13.2 Å². The maximum Gasteiger partial charge on any atom is 0.416 e. The lowest BCUT2D eigenvalue weighted by atomic mass is 9.76. The van der Waals surface area contributed by atoms with Crippen LogP contribution >= 0.6 is 0 Å². The fourth-order valence-corrected chi connectivity index (χ4v) is 6.03. The Balaban J connectivity index is 1.76. The van der Waals surface area contributed by atoms with Gasteiger partial charge in [-0.1, -0.05) is 60.7 Å². The van der Waals surface area contributed by atoms with Gasteiger partial charge in [0.2, 0.25) is 0 Å². The number of hydrogen-bond acceptors (Lipinski definition) is 6. The third kappa shape index (κ3) is 9.48. The summed E-state index contributed by atoms with van der Waals surface area (Å²) >= 11 is 0. The van der Waals surface area contributed by atoms with E-state index in [1.54, 1.807) is 81.4 Å². The van der Waals surface area contributed by atoms with Gasteiger partial charge in [-0.2, -0.15) is 26.3 Å². The van der Waals surface area contributed by atoms with E-state index in [1.807, 2.05) is 0 Å². The van der Waals surface area contributed by atoms with Crippen molar-refractivity contribution in [2.24, 2.45) is 5.73 Å². The molecule has 1 fully saturated rings. The predicted molar refractivity (Wildman–Crippen MR) is 173 cm³/mol. The zero-order valence-electron chi connectivity index (χ0n) is 28.1. The number of alkyl carbamates (subject to hydrolysis) is 1. The Morgan fingerprint density at radius 2 is 1.48 bits per heavy atom. The molecule has 0 aromatic heterocycles. The number of carbonyl (C=O) groups is 2. The zero-order valence-corrected chi connectivity index (χ0v) is 28.1. The van der Waals surface area contributed by atoms with E-state index >= 15 is 0 Å². The molecule has 4 atom stereocenters. The van der Waals surface area contributed by atoms with Crippen LogP contribution in [0.4, 0.5) is 35.9 Å². The highest BCUT2D eigenvalue weighted by atomic mass is 19.4. The van der Waals surface area contributed by atoms with Gasteiger partial charge in [-0.05, 0) is 75.4 Å². The number of benzene rings is 3. The molecule has 2 amide bonds. The highest BCUT2D eigenvalue weighted by molar-refractivity contribution is 5.72. The molecule has 1 saturated heterocycles. The minimum atomic E-state index is -5.05. The molecule has 14 heteroatoms. The molecular weight excluding hydrogens is 668 g/mol. The molecule has 3 N–H and O–H groups in total. The highest BCUT2D eigenvalue weighted by Crippen LogP contribution is 2.43. The lowest BCUT2D eigenvalue weighted by molar-refractivity contribution is -0.143. The zero-order chi connectivity index (χ0) is 36.9. The molecule has 1 aliphatic heterocycles. The monoisotopic (exact) mass is 709 g/mol. The lowest BCUT2D eigenvalue weighted by Gasteiger charge is -2.53. The van der Waals surface area contributed by atoms with Gasteiger partial charge < -0.3 is 25.3 Å². The van der Waals surface area contributed by atoms with Crippen LogP contribution in [0.3, 0.4) is 0 Å². The molecule has 1 heterocycles. The molecule has 4 rings (SSSR count). The number of hydrogen-bond donors (Lipinski definition) is 2. The Bertz CT molecular complexity index is 1570. The van der Waals surface area contributed by atoms with Crippen molar-refractivity contribution >= 4 is 12.2 Å². The van der Waals surface area contributed by atoms with Crippen molar-refractivity contribution in [1.82, 2.24) is 10.2 Å². The van der Waals surface area contributed by atoms with Crippen LogP contribution in [-0.2, 0) is 38.7 Å². The van der Waals surface area contributed by atoms with E-state index in [0.717, 1.165) is 0 Å². The minimum Gasteiger partial charge on any atom is -0.445 e. The second-order valence-corrected chi connectivity index (χ2v) is 13.2. The van der Waals surface area contributed by atoms with E-state index in [2.05, 4.69) is 5.32 Å². The van der Waals surface area contributed by atoms with Gasteiger partial charge >= 0.3 is 24.5 Å². The second-order valence-electron chi connectivity index (χ2n) is 13.2. The number of amides is 2. The van der Waals surface area contributed by atoms with E-state index < -0.39 is 65.0 Å². The molecule has 3 aromatic carbocycles. The van der Waals surface area contributed by atoms with Gasteiger partial charge in [0.15, 0.2) is 0 Å². The molecule has 0 spiro atoms. The molecule has 0 saturated carbocycles. The first-order chi connectivity index (χ1) is 23.3. The Labute approximate surface area is 286 Å². The topological polar surface area (TPSA) is 103 Å². The van der Waals surface area contributed by atoms with E-state index in [1.165, 1.54) is 11.8 Å². The number of rotatable bonds is 9. The number of carbonyl (C=O) groups excluding carboxylic acids is 2. The minimum absolute atomic E-state index is 0.0525. The summed E-state index contributed by atoms with van der Waals surface area (Å²) in [6, 6.07) is 17.2. The van der Waals surface area contributed by atoms with Crippen LogP contribution in [0.5, 0.6) is 0 Å². The van der Waals surface area contributed by atoms with E-state index in [9.17, 15) is 35.9 Å². The van der Waals surface area contributed by atoms with Crippen LogP contribution in [0.1, 0.15) is 74.5 Å². The van der Waals surface area contributed by atoms with Crippen LogP contribution in [0.25, 0.3) is 0 Å². The summed E-state index contributed by atoms with van der Waals surface area (Å²) in [4.78, 5) is 28.5. The van der Waals surface area contributed by atoms with Crippen molar-refractivity contribution < 1.29 is 50.1 Å². The Morgan fingerprint density at radius 1 is 0.920 bits per heavy atom. The second kappa shape index (κ2) is 15.3. The molecule has 3 aromatic rings. The Hall–Kier alpha value is -4.30. The third-order valence-electron chi connectivity index (χ3n) is 8.43. The first kappa shape index (κ1) is 38.5. The first-order valence-electron chi connectivity index (χ1n) is 16.0. The van der Waals surface area contributed by atoms with E-state index in [-0.39, 0.29) is 44.2 Å². The smallest absolute Gasteiger partial charge is 0.416 e. The molecule has 8 nitrogen and oxygen atoms in total. The summed E-state index contributed by atoms with van der Waals surface area (Å²) in [6.45, 7) is 5.78. The summed E-state index contributed by atoms with van der Waals surface area (Å²) in [5.41, 5.74) is 2.03. The van der Waals surface area contributed by atoms with E-state index in [4.69, 9.17) is 19.9 Å². The standard InChI is InChI=1S/C36H41F6N3O5/c1-23(25-17-27(35(37,38)39)19-28(18-25)36(40,41)42)49-22-34(26-13-9-6-10-14-26)16-15-29(44-31(46)50-33(2,3)4)30(20-43)45(34)32(47)48-21-24-11-7-5-8-12-24/h5-14,17-19,23,29-30H,15-16,20-22,43H2,1-4H3,(H,44,46)/t23-,29?,30?,34?/m1/s1. The van der Waals surface area contributed by atoms with Crippen molar-refractivity contribution in [3.63, 3.8) is 0 Å². The van der Waals surface area contributed by atoms with Gasteiger partial charge in [0.25, 0.3) is 0 Å². The average Bonchev–Trinajstić information content (AvgIpc) is 3.05. The Morgan fingerprint density at radius 3 is 2.00 bits per heavy atom. The van der Waals surface area contributed by atoms with Gasteiger partial charge in [-0.15, -0.1) is 0 Å². The van der Waals surface area contributed by atoms with Gasteiger partial charge in [-0.3, -0.25) is 4.90 Å². The van der Waals surface area contributed by atoms with Crippen molar-refractivity contribution in [3.8, 4) is 0 Å². The summed E-state index contributed by atoms with van der Waals surface area (Å²) < 4.78 is 99.4. The molecule has 50 heavy (non-hydrogen) atoms. The fourth-order valence-electron chi connectivity index (χ4n) is 6.03. The number of likely N-dealkylation sites (tertiary alicyclic amines) is 1. The van der Waals surface area contributed by atoms with Crippen LogP contribution in [0.15, 0.2) is 78.9 Å². The molecule has 3 unspecified atom stereocenters. The molecule has 0 bridgehead atoms. The number of nitrogens with zero attached hydrogens (tertiary/aromatic N) is 1. The number of piperidine rings is 1. The molecule has 272 valence electrons. The number of halogens is 6. The molecule has 0 aliphatic carbocycles. The lowest BCUT2D eigenvalue weighted by Crippen LogP contribution is -2.68. The van der Waals surface area contributed by atoms with Gasteiger partial charge in [0.05, 0.1) is 41.5 Å². The highest BCUT2D eigenvalue weighted by Gasteiger charge is 2.52. The average molecular weight is 710 g/mol. The quantitative estimate of drug-likeness (QED) is 0.217. The van der Waals surface area contributed by atoms with Gasteiger partial charge in [-0.25, -0.2) is 9.59 Å². The van der Waals surface area contributed by atoms with Crippen molar-refractivity contribution in [2.45, 2.75) is 88.8 Å². The summed E-state index contributed by atoms with van der Waals surface area (Å²) in [5, 5.41) is 2.81. The number of nitrogens with two attached hydrogens (primary N) is 1. The van der Waals surface area contributed by atoms with Gasteiger partial charge in [0, 0.05) is 6.54 Å². The van der Waals surface area contributed by atoms with Crippen LogP contribution in [0.2, 0.25) is 0 Å². The number of nitrogens with one attached hydrogen (secondary N) is 1. The van der Waals surface area contributed by atoms with E-state index in [0.29, 0.717) is 23.3 Å². The van der Waals surface area contributed by atoms with Crippen LogP contribution in [0, 0.1) is 0 Å². The Kier molecular flexibility index (Phi) is 11.8. The summed E-state index contributed by atoms with van der Waals surface area (Å²) in [7, 11) is 0. The normalized spacial score (nSPS) is 20.6. The number of ether oxygens (including phenoxy) is 3. The summed E-state index contributed by atoms with van der Waals surface area (Å²) in [5.74, 6) is 0. The molecular formula is C36H41F6N3O5. The van der Waals surface area contributed by atoms with Crippen molar-refractivity contribution in [1.29, 1.82) is 0 Å². The largest absolute Gasteiger partial charge is 0.445 e. The number of alkyl halides is 6. The van der Waals surface area contributed by atoms with Crippen LogP contribution < -0.4 is 11.1 Å². The molecule has 1 aliphatic rings. The maximum absolute atomic E-state index is 14.2. The maximum atomic E-state index is 14.2. The van der Waals surface area contributed by atoms with Crippen LogP contribution in [-0.4, -0.2) is 47.9 Å².